The molecule has 5 nitrogen and oxygen atoms in total. The Morgan fingerprint density at radius 1 is 1.21 bits per heavy atom. The molecule has 3 rings (SSSR count). The lowest BCUT2D eigenvalue weighted by atomic mass is 10.2. The third kappa shape index (κ3) is 3.94. The molecule has 126 valence electrons. The normalized spacial score (nSPS) is 15.3. The van der Waals surface area contributed by atoms with Crippen molar-refractivity contribution in [3.63, 3.8) is 0 Å². The molecule has 1 amide bonds. The van der Waals surface area contributed by atoms with Crippen molar-refractivity contribution in [1.82, 2.24) is 9.88 Å². The Labute approximate surface area is 150 Å². The maximum Gasteiger partial charge on any atom is 0.257 e. The molecule has 0 aliphatic carbocycles. The number of nitrogens with zero attached hydrogens (tertiary/aromatic N) is 3. The summed E-state index contributed by atoms with van der Waals surface area (Å²) in [5.74, 6) is -0.150. The highest BCUT2D eigenvalue weighted by molar-refractivity contribution is 9.10. The van der Waals surface area contributed by atoms with Crippen molar-refractivity contribution < 1.29 is 4.79 Å². The number of aromatic nitrogens is 1. The second-order valence-electron chi connectivity index (χ2n) is 5.78. The van der Waals surface area contributed by atoms with Crippen LogP contribution in [0.25, 0.3) is 0 Å². The summed E-state index contributed by atoms with van der Waals surface area (Å²) in [4.78, 5) is 21.3. The highest BCUT2D eigenvalue weighted by Crippen LogP contribution is 2.27. The summed E-state index contributed by atoms with van der Waals surface area (Å²) in [5.41, 5.74) is 2.45. The molecule has 1 aromatic heterocycles. The van der Waals surface area contributed by atoms with Crippen molar-refractivity contribution in [2.75, 3.05) is 42.9 Å². The van der Waals surface area contributed by atoms with Crippen LogP contribution in [0.4, 0.5) is 11.4 Å². The Kier molecular flexibility index (Phi) is 5.48. The van der Waals surface area contributed by atoms with Crippen molar-refractivity contribution >= 4 is 33.2 Å². The van der Waals surface area contributed by atoms with E-state index in [1.807, 2.05) is 18.2 Å². The van der Waals surface area contributed by atoms with Crippen LogP contribution in [0.5, 0.6) is 0 Å². The molecule has 1 aliphatic heterocycles. The first-order valence-electron chi connectivity index (χ1n) is 8.15. The predicted molar refractivity (Wildman–Crippen MR) is 101 cm³/mol. The number of piperazine rings is 1. The Balaban J connectivity index is 1.76. The van der Waals surface area contributed by atoms with Crippen molar-refractivity contribution in [1.29, 1.82) is 0 Å². The van der Waals surface area contributed by atoms with Crippen LogP contribution in [0.3, 0.4) is 0 Å². The second kappa shape index (κ2) is 7.77. The van der Waals surface area contributed by atoms with E-state index >= 15 is 0 Å². The van der Waals surface area contributed by atoms with Crippen LogP contribution in [0.2, 0.25) is 0 Å². The zero-order valence-corrected chi connectivity index (χ0v) is 15.3. The van der Waals surface area contributed by atoms with Crippen molar-refractivity contribution in [3.8, 4) is 0 Å². The standard InChI is InChI=1S/C18H21BrN4O/c1-2-22-7-9-23(10-8-22)17-6-4-3-5-16(17)21-18(24)14-11-15(19)13-20-12-14/h3-6,11-13H,2,7-10H2,1H3,(H,21,24). The predicted octanol–water partition coefficient (Wildman–Crippen LogP) is 3.24. The third-order valence-corrected chi connectivity index (χ3v) is 4.71. The number of anilines is 2. The monoisotopic (exact) mass is 388 g/mol. The van der Waals surface area contributed by atoms with Crippen molar-refractivity contribution in [3.05, 3.63) is 52.8 Å². The lowest BCUT2D eigenvalue weighted by Crippen LogP contribution is -2.46. The summed E-state index contributed by atoms with van der Waals surface area (Å²) in [6, 6.07) is 9.74. The Hall–Kier alpha value is -1.92. The topological polar surface area (TPSA) is 48.5 Å². The van der Waals surface area contributed by atoms with E-state index in [0.29, 0.717) is 5.56 Å². The van der Waals surface area contributed by atoms with Gasteiger partial charge in [0.1, 0.15) is 0 Å². The van der Waals surface area contributed by atoms with E-state index in [-0.39, 0.29) is 5.91 Å². The molecule has 0 bridgehead atoms. The fourth-order valence-electron chi connectivity index (χ4n) is 2.89. The van der Waals surface area contributed by atoms with Gasteiger partial charge in [-0.15, -0.1) is 0 Å². The SMILES string of the molecule is CCN1CCN(c2ccccc2NC(=O)c2cncc(Br)c2)CC1. The van der Waals surface area contributed by atoms with Crippen LogP contribution in [0.15, 0.2) is 47.2 Å². The minimum Gasteiger partial charge on any atom is -0.367 e. The average Bonchev–Trinajstić information content (AvgIpc) is 2.62. The molecule has 1 N–H and O–H groups in total. The number of pyridine rings is 1. The van der Waals surface area contributed by atoms with E-state index in [4.69, 9.17) is 0 Å². The molecule has 0 spiro atoms. The molecular weight excluding hydrogens is 368 g/mol. The maximum atomic E-state index is 12.5. The van der Waals surface area contributed by atoms with Gasteiger partial charge in [-0.3, -0.25) is 9.78 Å². The molecule has 6 heteroatoms. The highest BCUT2D eigenvalue weighted by atomic mass is 79.9. The second-order valence-corrected chi connectivity index (χ2v) is 6.70. The van der Waals surface area contributed by atoms with Gasteiger partial charge < -0.3 is 15.1 Å². The molecule has 0 atom stereocenters. The summed E-state index contributed by atoms with van der Waals surface area (Å²) in [7, 11) is 0. The number of hydrogen-bond donors (Lipinski definition) is 1. The van der Waals surface area contributed by atoms with E-state index in [9.17, 15) is 4.79 Å². The number of rotatable bonds is 4. The van der Waals surface area contributed by atoms with Gasteiger partial charge >= 0.3 is 0 Å². The maximum absolute atomic E-state index is 12.5. The number of carbonyl (C=O) groups excluding carboxylic acids is 1. The lowest BCUT2D eigenvalue weighted by molar-refractivity contribution is 0.102. The van der Waals surface area contributed by atoms with Gasteiger partial charge in [0, 0.05) is 43.0 Å². The molecule has 0 saturated carbocycles. The number of likely N-dealkylation sites (N-methyl/N-ethyl adjacent to an activating group) is 1. The molecule has 2 aromatic rings. The molecule has 1 fully saturated rings. The zero-order valence-electron chi connectivity index (χ0n) is 13.7. The molecule has 24 heavy (non-hydrogen) atoms. The minimum atomic E-state index is -0.150. The van der Waals surface area contributed by atoms with Gasteiger partial charge in [0.2, 0.25) is 0 Å². The average molecular weight is 389 g/mol. The van der Waals surface area contributed by atoms with E-state index in [2.05, 4.69) is 49.0 Å². The first-order valence-corrected chi connectivity index (χ1v) is 8.95. The van der Waals surface area contributed by atoms with E-state index in [1.165, 1.54) is 0 Å². The zero-order chi connectivity index (χ0) is 16.9. The smallest absolute Gasteiger partial charge is 0.257 e. The summed E-state index contributed by atoms with van der Waals surface area (Å²) < 4.78 is 0.791. The summed E-state index contributed by atoms with van der Waals surface area (Å²) in [6.45, 7) is 7.32. The lowest BCUT2D eigenvalue weighted by Gasteiger charge is -2.36. The van der Waals surface area contributed by atoms with Gasteiger partial charge in [-0.2, -0.15) is 0 Å². The Morgan fingerprint density at radius 2 is 1.96 bits per heavy atom. The summed E-state index contributed by atoms with van der Waals surface area (Å²) >= 11 is 3.35. The van der Waals surface area contributed by atoms with E-state index in [1.54, 1.807) is 18.5 Å². The summed E-state index contributed by atoms with van der Waals surface area (Å²) in [6.07, 6.45) is 3.24. The van der Waals surface area contributed by atoms with Crippen LogP contribution in [-0.4, -0.2) is 48.5 Å². The fourth-order valence-corrected chi connectivity index (χ4v) is 3.26. The van der Waals surface area contributed by atoms with Gasteiger partial charge in [-0.05, 0) is 40.7 Å². The van der Waals surface area contributed by atoms with Crippen molar-refractivity contribution in [2.24, 2.45) is 0 Å². The molecule has 0 radical (unpaired) electrons. The Morgan fingerprint density at radius 3 is 2.67 bits per heavy atom. The molecule has 1 saturated heterocycles. The minimum absolute atomic E-state index is 0.150. The van der Waals surface area contributed by atoms with E-state index < -0.39 is 0 Å². The number of amides is 1. The first kappa shape index (κ1) is 16.9. The number of carbonyl (C=O) groups is 1. The van der Waals surface area contributed by atoms with Crippen LogP contribution in [-0.2, 0) is 0 Å². The number of halogens is 1. The number of nitrogens with one attached hydrogen (secondary N) is 1. The van der Waals surface area contributed by atoms with Gasteiger partial charge in [0.05, 0.1) is 16.9 Å². The molecule has 1 aliphatic rings. The largest absolute Gasteiger partial charge is 0.367 e. The van der Waals surface area contributed by atoms with E-state index in [0.717, 1.165) is 48.6 Å². The highest BCUT2D eigenvalue weighted by Gasteiger charge is 2.19. The fraction of sp³-hybridized carbons (Fsp3) is 0.333. The van der Waals surface area contributed by atoms with Gasteiger partial charge in [0.15, 0.2) is 0 Å². The van der Waals surface area contributed by atoms with Crippen LogP contribution >= 0.6 is 15.9 Å². The number of benzene rings is 1. The van der Waals surface area contributed by atoms with Gasteiger partial charge in [0.25, 0.3) is 5.91 Å². The van der Waals surface area contributed by atoms with Gasteiger partial charge in [-0.25, -0.2) is 0 Å². The van der Waals surface area contributed by atoms with Crippen LogP contribution < -0.4 is 10.2 Å². The molecular formula is C18H21BrN4O. The summed E-state index contributed by atoms with van der Waals surface area (Å²) in [5, 5.41) is 3.02. The number of hydrogen-bond acceptors (Lipinski definition) is 4. The first-order chi connectivity index (χ1) is 11.7. The Bertz CT molecular complexity index is 714. The third-order valence-electron chi connectivity index (χ3n) is 4.28. The quantitative estimate of drug-likeness (QED) is 0.873. The van der Waals surface area contributed by atoms with Crippen LogP contribution in [0.1, 0.15) is 17.3 Å². The number of para-hydroxylation sites is 2. The molecule has 1 aromatic carbocycles. The van der Waals surface area contributed by atoms with Crippen LogP contribution in [0, 0.1) is 0 Å². The van der Waals surface area contributed by atoms with Gasteiger partial charge in [-0.1, -0.05) is 19.1 Å². The molecule has 2 heterocycles. The van der Waals surface area contributed by atoms with Crippen molar-refractivity contribution in [2.45, 2.75) is 6.92 Å². The molecule has 0 unspecified atom stereocenters.